The third-order valence-electron chi connectivity index (χ3n) is 1.84. The van der Waals surface area contributed by atoms with Gasteiger partial charge >= 0.3 is 0 Å². The topological polar surface area (TPSA) is 51.1 Å². The Kier molecular flexibility index (Phi) is 3.14. The molecule has 5 heteroatoms. The zero-order chi connectivity index (χ0) is 11.6. The van der Waals surface area contributed by atoms with E-state index in [0.717, 1.165) is 0 Å². The van der Waals surface area contributed by atoms with Crippen LogP contribution >= 0.6 is 0 Å². The fourth-order valence-electron chi connectivity index (χ4n) is 1.14. The Morgan fingerprint density at radius 3 is 2.40 bits per heavy atom. The molecule has 0 saturated heterocycles. The third-order valence-corrected chi connectivity index (χ3v) is 2.81. The molecule has 1 heterocycles. The molecule has 0 aliphatic carbocycles. The molecule has 0 unspecified atom stereocenters. The van der Waals surface area contributed by atoms with Crippen LogP contribution in [0.3, 0.4) is 0 Å². The molecule has 0 spiro atoms. The number of carbonyl (C=O) groups is 1. The van der Waals surface area contributed by atoms with Gasteiger partial charge in [0.1, 0.15) is 8.24 Å². The number of aromatic nitrogens is 1. The molecule has 0 aromatic carbocycles. The Hall–Kier alpha value is -1.36. The third kappa shape index (κ3) is 3.36. The van der Waals surface area contributed by atoms with Crippen LogP contribution in [0.25, 0.3) is 0 Å². The SMILES string of the molecule is Cn1cc(C(=O)N[Si](C)(C)C)ccc1=O. The van der Waals surface area contributed by atoms with Crippen LogP contribution < -0.4 is 10.5 Å². The van der Waals surface area contributed by atoms with E-state index in [9.17, 15) is 9.59 Å². The normalized spacial score (nSPS) is 11.2. The summed E-state index contributed by atoms with van der Waals surface area (Å²) in [6.45, 7) is 6.15. The maximum atomic E-state index is 11.7. The summed E-state index contributed by atoms with van der Waals surface area (Å²) in [7, 11) is 0.0116. The fraction of sp³-hybridized carbons (Fsp3) is 0.400. The summed E-state index contributed by atoms with van der Waals surface area (Å²) in [6.07, 6.45) is 1.55. The van der Waals surface area contributed by atoms with Crippen molar-refractivity contribution in [3.63, 3.8) is 0 Å². The van der Waals surface area contributed by atoms with E-state index in [1.54, 1.807) is 19.3 Å². The lowest BCUT2D eigenvalue weighted by Gasteiger charge is -2.17. The van der Waals surface area contributed by atoms with Gasteiger partial charge in [0.05, 0.1) is 5.56 Å². The summed E-state index contributed by atoms with van der Waals surface area (Å²) in [5.41, 5.74) is 0.416. The number of hydrogen-bond donors (Lipinski definition) is 1. The molecule has 0 saturated carbocycles. The largest absolute Gasteiger partial charge is 0.378 e. The Balaban J connectivity index is 2.93. The summed E-state index contributed by atoms with van der Waals surface area (Å²) in [4.78, 5) is 25.8. The Morgan fingerprint density at radius 1 is 1.33 bits per heavy atom. The first-order chi connectivity index (χ1) is 6.79. The zero-order valence-corrected chi connectivity index (χ0v) is 10.5. The van der Waals surface area contributed by atoms with Crippen LogP contribution in [-0.4, -0.2) is 18.7 Å². The second-order valence-corrected chi connectivity index (χ2v) is 9.32. The lowest BCUT2D eigenvalue weighted by molar-refractivity contribution is 0.0977. The van der Waals surface area contributed by atoms with Gasteiger partial charge in [-0.2, -0.15) is 0 Å². The van der Waals surface area contributed by atoms with E-state index in [0.29, 0.717) is 5.56 Å². The number of hydrogen-bond acceptors (Lipinski definition) is 2. The van der Waals surface area contributed by atoms with E-state index in [4.69, 9.17) is 0 Å². The van der Waals surface area contributed by atoms with Gasteiger partial charge in [-0.25, -0.2) is 0 Å². The predicted octanol–water partition coefficient (Wildman–Crippen LogP) is 0.950. The molecule has 0 aliphatic rings. The summed E-state index contributed by atoms with van der Waals surface area (Å²) >= 11 is 0. The van der Waals surface area contributed by atoms with Gasteiger partial charge in [-0.05, 0) is 6.07 Å². The van der Waals surface area contributed by atoms with Crippen molar-refractivity contribution < 1.29 is 4.79 Å². The molecule has 1 aromatic rings. The molecule has 0 fully saturated rings. The molecule has 0 bridgehead atoms. The van der Waals surface area contributed by atoms with Gasteiger partial charge in [0.15, 0.2) is 0 Å². The van der Waals surface area contributed by atoms with Crippen molar-refractivity contribution in [3.8, 4) is 0 Å². The van der Waals surface area contributed by atoms with Crippen molar-refractivity contribution in [2.75, 3.05) is 0 Å². The van der Waals surface area contributed by atoms with Gasteiger partial charge in [-0.1, -0.05) is 19.6 Å². The van der Waals surface area contributed by atoms with E-state index in [1.807, 2.05) is 19.6 Å². The quantitative estimate of drug-likeness (QED) is 0.760. The van der Waals surface area contributed by atoms with Crippen molar-refractivity contribution in [2.45, 2.75) is 19.6 Å². The van der Waals surface area contributed by atoms with Crippen LogP contribution in [0.2, 0.25) is 19.6 Å². The van der Waals surface area contributed by atoms with Crippen LogP contribution in [-0.2, 0) is 7.05 Å². The average Bonchev–Trinajstić information content (AvgIpc) is 2.06. The first kappa shape index (κ1) is 11.7. The van der Waals surface area contributed by atoms with Crippen LogP contribution in [0.4, 0.5) is 0 Å². The highest BCUT2D eigenvalue weighted by Crippen LogP contribution is 2.00. The second-order valence-electron chi connectivity index (χ2n) is 4.57. The number of nitrogens with zero attached hydrogens (tertiary/aromatic N) is 1. The Labute approximate surface area is 90.0 Å². The maximum Gasteiger partial charge on any atom is 0.250 e. The van der Waals surface area contributed by atoms with Gasteiger partial charge in [-0.15, -0.1) is 0 Å². The van der Waals surface area contributed by atoms with Crippen molar-refractivity contribution >= 4 is 14.1 Å². The van der Waals surface area contributed by atoms with Crippen molar-refractivity contribution in [3.05, 3.63) is 34.2 Å². The molecule has 0 atom stereocenters. The maximum absolute atomic E-state index is 11.7. The van der Waals surface area contributed by atoms with Gasteiger partial charge < -0.3 is 9.55 Å². The summed E-state index contributed by atoms with van der Waals surface area (Å²) in [6, 6.07) is 2.96. The summed E-state index contributed by atoms with van der Waals surface area (Å²) in [5.74, 6) is -0.107. The monoisotopic (exact) mass is 224 g/mol. The number of rotatable bonds is 2. The van der Waals surface area contributed by atoms with E-state index in [2.05, 4.69) is 4.98 Å². The van der Waals surface area contributed by atoms with Crippen molar-refractivity contribution in [2.24, 2.45) is 7.05 Å². The highest BCUT2D eigenvalue weighted by atomic mass is 28.3. The highest BCUT2D eigenvalue weighted by molar-refractivity contribution is 6.76. The highest BCUT2D eigenvalue weighted by Gasteiger charge is 2.17. The van der Waals surface area contributed by atoms with Crippen LogP contribution in [0, 0.1) is 0 Å². The van der Waals surface area contributed by atoms with E-state index < -0.39 is 8.24 Å². The van der Waals surface area contributed by atoms with Gasteiger partial charge in [-0.3, -0.25) is 9.59 Å². The first-order valence-corrected chi connectivity index (χ1v) is 8.29. The minimum atomic E-state index is -1.62. The molecule has 1 aromatic heterocycles. The fourth-order valence-corrected chi connectivity index (χ4v) is 1.97. The first-order valence-electron chi connectivity index (χ1n) is 4.79. The van der Waals surface area contributed by atoms with E-state index in [-0.39, 0.29) is 11.5 Å². The summed E-state index contributed by atoms with van der Waals surface area (Å²) < 4.78 is 1.40. The molecule has 1 N–H and O–H groups in total. The molecule has 1 amide bonds. The molecular formula is C10H16N2O2Si. The lowest BCUT2D eigenvalue weighted by atomic mass is 10.3. The number of carbonyl (C=O) groups excluding carboxylic acids is 1. The molecule has 0 aliphatic heterocycles. The van der Waals surface area contributed by atoms with Crippen LogP contribution in [0.1, 0.15) is 10.4 Å². The minimum absolute atomic E-state index is 0.107. The molecular weight excluding hydrogens is 208 g/mol. The molecule has 15 heavy (non-hydrogen) atoms. The standard InChI is InChI=1S/C10H16N2O2Si/c1-12-7-8(5-6-9(12)13)10(14)11-15(2,3)4/h5-7H,1-4H3,(H,11,14). The number of aryl methyl sites for hydroxylation is 1. The van der Waals surface area contributed by atoms with Crippen LogP contribution in [0.15, 0.2) is 23.1 Å². The average molecular weight is 224 g/mol. The van der Waals surface area contributed by atoms with Gasteiger partial charge in [0, 0.05) is 19.3 Å². The lowest BCUT2D eigenvalue weighted by Crippen LogP contribution is -2.45. The van der Waals surface area contributed by atoms with E-state index in [1.165, 1.54) is 10.6 Å². The number of nitrogens with one attached hydrogen (secondary N) is 1. The van der Waals surface area contributed by atoms with Gasteiger partial charge in [0.25, 0.3) is 0 Å². The Bertz CT molecular complexity index is 432. The number of amides is 1. The molecule has 0 radical (unpaired) electrons. The minimum Gasteiger partial charge on any atom is -0.378 e. The predicted molar refractivity (Wildman–Crippen MR) is 62.5 cm³/mol. The molecule has 1 rings (SSSR count). The number of pyridine rings is 1. The van der Waals surface area contributed by atoms with E-state index >= 15 is 0 Å². The second kappa shape index (κ2) is 4.02. The molecule has 82 valence electrons. The van der Waals surface area contributed by atoms with Crippen LogP contribution in [0.5, 0.6) is 0 Å². The smallest absolute Gasteiger partial charge is 0.250 e. The summed E-state index contributed by atoms with van der Waals surface area (Å²) in [5, 5.41) is 0. The molecule has 4 nitrogen and oxygen atoms in total. The van der Waals surface area contributed by atoms with Crippen molar-refractivity contribution in [1.82, 2.24) is 9.55 Å². The van der Waals surface area contributed by atoms with Crippen molar-refractivity contribution in [1.29, 1.82) is 0 Å². The zero-order valence-electron chi connectivity index (χ0n) is 9.50. The Morgan fingerprint density at radius 2 is 1.93 bits per heavy atom. The van der Waals surface area contributed by atoms with Gasteiger partial charge in [0.2, 0.25) is 11.5 Å².